The maximum absolute atomic E-state index is 13.9. The maximum Gasteiger partial charge on any atom is 0.258 e. The quantitative estimate of drug-likeness (QED) is 0.257. The number of carbonyl (C=O) groups is 1. The lowest BCUT2D eigenvalue weighted by molar-refractivity contribution is 0.0867. The standard InChI is InChI=1S/C30H31FN2O3/c1-21(2)28-27(30(35)32-25-11-7-4-8-12-25)26(22-9-5-3-6-10-22)29(23-13-15-24(31)16-14-23)33(28)17-19-36-20-18-34/h3-16,21,34H,17-20H2,1-2H3,(H,32,35). The first-order valence-electron chi connectivity index (χ1n) is 12.1. The molecule has 0 fully saturated rings. The zero-order valence-corrected chi connectivity index (χ0v) is 20.6. The van der Waals surface area contributed by atoms with Gasteiger partial charge in [-0.05, 0) is 53.4 Å². The van der Waals surface area contributed by atoms with Gasteiger partial charge in [0.15, 0.2) is 0 Å². The number of nitrogens with zero attached hydrogens (tertiary/aromatic N) is 1. The van der Waals surface area contributed by atoms with Crippen LogP contribution in [0.3, 0.4) is 0 Å². The third-order valence-corrected chi connectivity index (χ3v) is 5.98. The molecular formula is C30H31FN2O3. The van der Waals surface area contributed by atoms with Gasteiger partial charge in [-0.1, -0.05) is 62.4 Å². The Bertz CT molecular complexity index is 1280. The Morgan fingerprint density at radius 2 is 1.56 bits per heavy atom. The van der Waals surface area contributed by atoms with E-state index in [9.17, 15) is 9.18 Å². The van der Waals surface area contributed by atoms with Crippen LogP contribution in [0.1, 0.15) is 35.8 Å². The highest BCUT2D eigenvalue weighted by molar-refractivity contribution is 6.12. The van der Waals surface area contributed by atoms with Crippen LogP contribution in [0, 0.1) is 5.82 Å². The summed E-state index contributed by atoms with van der Waals surface area (Å²) >= 11 is 0. The molecule has 0 saturated heterocycles. The minimum Gasteiger partial charge on any atom is -0.394 e. The Morgan fingerprint density at radius 1 is 0.917 bits per heavy atom. The van der Waals surface area contributed by atoms with Crippen LogP contribution in [-0.2, 0) is 11.3 Å². The molecule has 1 amide bonds. The molecule has 1 heterocycles. The van der Waals surface area contributed by atoms with Gasteiger partial charge in [0.05, 0.1) is 31.1 Å². The monoisotopic (exact) mass is 486 g/mol. The summed E-state index contributed by atoms with van der Waals surface area (Å²) < 4.78 is 21.6. The van der Waals surface area contributed by atoms with Crippen LogP contribution in [0.15, 0.2) is 84.9 Å². The van der Waals surface area contributed by atoms with Gasteiger partial charge in [-0.3, -0.25) is 4.79 Å². The van der Waals surface area contributed by atoms with E-state index < -0.39 is 0 Å². The zero-order valence-electron chi connectivity index (χ0n) is 20.6. The van der Waals surface area contributed by atoms with Gasteiger partial charge in [-0.2, -0.15) is 0 Å². The Labute approximate surface area is 211 Å². The number of hydrogen-bond acceptors (Lipinski definition) is 3. The Morgan fingerprint density at radius 3 is 2.17 bits per heavy atom. The van der Waals surface area contributed by atoms with Gasteiger partial charge in [0.25, 0.3) is 5.91 Å². The largest absolute Gasteiger partial charge is 0.394 e. The lowest BCUT2D eigenvalue weighted by Crippen LogP contribution is -2.17. The fourth-order valence-electron chi connectivity index (χ4n) is 4.53. The average Bonchev–Trinajstić information content (AvgIpc) is 3.24. The molecule has 0 atom stereocenters. The summed E-state index contributed by atoms with van der Waals surface area (Å²) in [5, 5.41) is 12.2. The number of hydrogen-bond donors (Lipinski definition) is 2. The van der Waals surface area contributed by atoms with Gasteiger partial charge in [0.2, 0.25) is 0 Å². The maximum atomic E-state index is 13.9. The minimum absolute atomic E-state index is 0.0102. The van der Waals surface area contributed by atoms with E-state index in [0.29, 0.717) is 24.4 Å². The molecular weight excluding hydrogens is 455 g/mol. The van der Waals surface area contributed by atoms with Gasteiger partial charge in [-0.25, -0.2) is 4.39 Å². The van der Waals surface area contributed by atoms with Crippen molar-refractivity contribution in [2.75, 3.05) is 25.1 Å². The fraction of sp³-hybridized carbons (Fsp3) is 0.233. The number of para-hydroxylation sites is 1. The van der Waals surface area contributed by atoms with E-state index in [2.05, 4.69) is 23.7 Å². The molecule has 3 aromatic carbocycles. The highest BCUT2D eigenvalue weighted by Crippen LogP contribution is 2.42. The molecule has 186 valence electrons. The van der Waals surface area contributed by atoms with Gasteiger partial charge >= 0.3 is 0 Å². The van der Waals surface area contributed by atoms with Crippen LogP contribution in [0.25, 0.3) is 22.4 Å². The van der Waals surface area contributed by atoms with Crippen LogP contribution in [0.5, 0.6) is 0 Å². The van der Waals surface area contributed by atoms with Gasteiger partial charge in [0.1, 0.15) is 5.82 Å². The number of nitrogens with one attached hydrogen (secondary N) is 1. The van der Waals surface area contributed by atoms with E-state index in [0.717, 1.165) is 28.1 Å². The van der Waals surface area contributed by atoms with E-state index in [-0.39, 0.29) is 30.9 Å². The topological polar surface area (TPSA) is 63.5 Å². The molecule has 0 saturated carbocycles. The van der Waals surface area contributed by atoms with Crippen LogP contribution in [0.2, 0.25) is 0 Å². The van der Waals surface area contributed by atoms with E-state index >= 15 is 0 Å². The second-order valence-corrected chi connectivity index (χ2v) is 8.82. The van der Waals surface area contributed by atoms with Crippen molar-refractivity contribution in [3.8, 4) is 22.4 Å². The molecule has 4 rings (SSSR count). The minimum atomic E-state index is -0.324. The normalized spacial score (nSPS) is 11.1. The van der Waals surface area contributed by atoms with E-state index in [1.54, 1.807) is 12.1 Å². The third kappa shape index (κ3) is 5.56. The first-order valence-corrected chi connectivity index (χ1v) is 12.1. The number of rotatable bonds is 10. The van der Waals surface area contributed by atoms with E-state index in [1.807, 2.05) is 60.7 Å². The number of aliphatic hydroxyl groups excluding tert-OH is 1. The van der Waals surface area contributed by atoms with Crippen molar-refractivity contribution >= 4 is 11.6 Å². The summed E-state index contributed by atoms with van der Waals surface area (Å²) in [6.07, 6.45) is 0. The van der Waals surface area contributed by atoms with Crippen molar-refractivity contribution in [1.29, 1.82) is 0 Å². The van der Waals surface area contributed by atoms with Crippen molar-refractivity contribution in [1.82, 2.24) is 4.57 Å². The lowest BCUT2D eigenvalue weighted by atomic mass is 9.94. The molecule has 0 aliphatic heterocycles. The highest BCUT2D eigenvalue weighted by Gasteiger charge is 2.30. The second-order valence-electron chi connectivity index (χ2n) is 8.82. The lowest BCUT2D eigenvalue weighted by Gasteiger charge is -2.17. The summed E-state index contributed by atoms with van der Waals surface area (Å²) in [4.78, 5) is 13.9. The number of anilines is 1. The SMILES string of the molecule is CC(C)c1c(C(=O)Nc2ccccc2)c(-c2ccccc2)c(-c2ccc(F)cc2)n1CCOCCO. The summed E-state index contributed by atoms with van der Waals surface area (Å²) in [6.45, 7) is 5.12. The van der Waals surface area contributed by atoms with E-state index in [4.69, 9.17) is 9.84 Å². The Kier molecular flexibility index (Phi) is 8.31. The molecule has 5 nitrogen and oxygen atoms in total. The van der Waals surface area contributed by atoms with E-state index in [1.165, 1.54) is 12.1 Å². The number of halogens is 1. The molecule has 2 N–H and O–H groups in total. The third-order valence-electron chi connectivity index (χ3n) is 5.98. The number of aromatic nitrogens is 1. The number of aliphatic hydroxyl groups is 1. The smallest absolute Gasteiger partial charge is 0.258 e. The summed E-state index contributed by atoms with van der Waals surface area (Å²) in [5.41, 5.74) is 5.48. The van der Waals surface area contributed by atoms with Gasteiger partial charge in [0, 0.05) is 23.5 Å². The van der Waals surface area contributed by atoms with Crippen molar-refractivity contribution < 1.29 is 19.0 Å². The Hall–Kier alpha value is -3.74. The first kappa shape index (κ1) is 25.4. The number of amides is 1. The molecule has 0 bridgehead atoms. The molecule has 0 radical (unpaired) electrons. The molecule has 0 spiro atoms. The fourth-order valence-corrected chi connectivity index (χ4v) is 4.53. The molecule has 0 aliphatic rings. The molecule has 6 heteroatoms. The van der Waals surface area contributed by atoms with Gasteiger partial charge in [-0.15, -0.1) is 0 Å². The van der Waals surface area contributed by atoms with Crippen molar-refractivity contribution in [3.05, 3.63) is 102 Å². The zero-order chi connectivity index (χ0) is 25.5. The predicted octanol–water partition coefficient (Wildman–Crippen LogP) is 6.35. The number of ether oxygens (including phenoxy) is 1. The van der Waals surface area contributed by atoms with Crippen LogP contribution in [0.4, 0.5) is 10.1 Å². The molecule has 0 aliphatic carbocycles. The first-order chi connectivity index (χ1) is 17.5. The Balaban J connectivity index is 1.98. The van der Waals surface area contributed by atoms with Crippen LogP contribution < -0.4 is 5.32 Å². The number of carbonyl (C=O) groups excluding carboxylic acids is 1. The summed E-state index contributed by atoms with van der Waals surface area (Å²) in [5.74, 6) is -0.520. The average molecular weight is 487 g/mol. The second kappa shape index (κ2) is 11.8. The predicted molar refractivity (Wildman–Crippen MR) is 142 cm³/mol. The summed E-state index contributed by atoms with van der Waals surface area (Å²) in [6, 6.07) is 25.5. The van der Waals surface area contributed by atoms with Crippen LogP contribution >= 0.6 is 0 Å². The highest BCUT2D eigenvalue weighted by atomic mass is 19.1. The van der Waals surface area contributed by atoms with Gasteiger partial charge < -0.3 is 19.7 Å². The molecule has 36 heavy (non-hydrogen) atoms. The molecule has 1 aromatic heterocycles. The van der Waals surface area contributed by atoms with Crippen LogP contribution in [-0.4, -0.2) is 35.4 Å². The number of benzene rings is 3. The van der Waals surface area contributed by atoms with Crippen molar-refractivity contribution in [2.45, 2.75) is 26.3 Å². The van der Waals surface area contributed by atoms with Crippen molar-refractivity contribution in [3.63, 3.8) is 0 Å². The molecule has 4 aromatic rings. The van der Waals surface area contributed by atoms with Crippen molar-refractivity contribution in [2.24, 2.45) is 0 Å². The molecule has 0 unspecified atom stereocenters. The summed E-state index contributed by atoms with van der Waals surface area (Å²) in [7, 11) is 0.